The maximum atomic E-state index is 11.0. The number of amides is 1. The summed E-state index contributed by atoms with van der Waals surface area (Å²) < 4.78 is 4.99. The average molecular weight is 285 g/mol. The molecule has 5 heteroatoms. The van der Waals surface area contributed by atoms with Crippen molar-refractivity contribution in [3.8, 4) is 0 Å². The molecule has 0 saturated heterocycles. The molecule has 0 fully saturated rings. The van der Waals surface area contributed by atoms with Gasteiger partial charge in [0.2, 0.25) is 5.91 Å². The van der Waals surface area contributed by atoms with E-state index in [1.165, 1.54) is 0 Å². The molecule has 4 nitrogen and oxygen atoms in total. The lowest BCUT2D eigenvalue weighted by molar-refractivity contribution is 0.100. The molecular weight excluding hydrogens is 264 g/mol. The number of nitrogens with two attached hydrogens (primary N) is 1. The van der Waals surface area contributed by atoms with E-state index < -0.39 is 5.91 Å². The number of carbonyl (C=O) groups is 1. The Labute approximate surface area is 119 Å². The van der Waals surface area contributed by atoms with E-state index >= 15 is 0 Å². The van der Waals surface area contributed by atoms with Gasteiger partial charge in [-0.25, -0.2) is 0 Å². The first-order chi connectivity index (χ1) is 9.15. The van der Waals surface area contributed by atoms with E-state index in [4.69, 9.17) is 22.1 Å². The molecule has 0 saturated carbocycles. The maximum absolute atomic E-state index is 11.0. The Balaban J connectivity index is 2.28. The summed E-state index contributed by atoms with van der Waals surface area (Å²) in [6, 6.07) is 5.14. The third kappa shape index (κ3) is 6.05. The van der Waals surface area contributed by atoms with Crippen LogP contribution < -0.4 is 11.1 Å². The van der Waals surface area contributed by atoms with Gasteiger partial charge in [0.15, 0.2) is 0 Å². The summed E-state index contributed by atoms with van der Waals surface area (Å²) in [4.78, 5) is 11.0. The van der Waals surface area contributed by atoms with Crippen LogP contribution in [0.4, 0.5) is 0 Å². The van der Waals surface area contributed by atoms with Crippen molar-refractivity contribution < 1.29 is 9.53 Å². The van der Waals surface area contributed by atoms with Gasteiger partial charge < -0.3 is 15.8 Å². The highest BCUT2D eigenvalue weighted by Crippen LogP contribution is 2.17. The van der Waals surface area contributed by atoms with Crippen LogP contribution in [0.15, 0.2) is 18.2 Å². The zero-order valence-corrected chi connectivity index (χ0v) is 12.0. The monoisotopic (exact) mass is 284 g/mol. The fourth-order valence-corrected chi connectivity index (χ4v) is 1.99. The van der Waals surface area contributed by atoms with Crippen molar-refractivity contribution in [1.29, 1.82) is 0 Å². The van der Waals surface area contributed by atoms with Crippen molar-refractivity contribution >= 4 is 17.5 Å². The molecule has 0 aliphatic rings. The molecule has 0 atom stereocenters. The summed E-state index contributed by atoms with van der Waals surface area (Å²) in [5.74, 6) is -0.459. The molecule has 0 aromatic heterocycles. The van der Waals surface area contributed by atoms with Gasteiger partial charge in [-0.2, -0.15) is 0 Å². The number of halogens is 1. The zero-order chi connectivity index (χ0) is 14.1. The van der Waals surface area contributed by atoms with Gasteiger partial charge in [0.05, 0.1) is 0 Å². The Morgan fingerprint density at radius 2 is 2.16 bits per heavy atom. The zero-order valence-electron chi connectivity index (χ0n) is 11.2. The summed E-state index contributed by atoms with van der Waals surface area (Å²) in [6.07, 6.45) is 3.35. The summed E-state index contributed by atoms with van der Waals surface area (Å²) in [6.45, 7) is 2.46. The quantitative estimate of drug-likeness (QED) is 0.684. The smallest absolute Gasteiger partial charge is 0.248 e. The first-order valence-electron chi connectivity index (χ1n) is 6.43. The number of hydrogen-bond acceptors (Lipinski definition) is 3. The third-order valence-corrected chi connectivity index (χ3v) is 3.21. The van der Waals surface area contributed by atoms with E-state index in [-0.39, 0.29) is 0 Å². The highest BCUT2D eigenvalue weighted by Gasteiger charge is 2.05. The SMILES string of the molecule is COCCCCCNCc1ccc(C(N)=O)cc1Cl. The fourth-order valence-electron chi connectivity index (χ4n) is 1.74. The van der Waals surface area contributed by atoms with Gasteiger partial charge in [-0.05, 0) is 43.5 Å². The van der Waals surface area contributed by atoms with E-state index in [9.17, 15) is 4.79 Å². The second-order valence-electron chi connectivity index (χ2n) is 4.40. The topological polar surface area (TPSA) is 64.3 Å². The molecule has 1 rings (SSSR count). The average Bonchev–Trinajstić information content (AvgIpc) is 2.39. The largest absolute Gasteiger partial charge is 0.385 e. The van der Waals surface area contributed by atoms with Crippen molar-refractivity contribution in [3.63, 3.8) is 0 Å². The molecule has 0 radical (unpaired) electrons. The minimum absolute atomic E-state index is 0.438. The van der Waals surface area contributed by atoms with Gasteiger partial charge in [0, 0.05) is 30.8 Å². The number of benzene rings is 1. The highest BCUT2D eigenvalue weighted by molar-refractivity contribution is 6.31. The van der Waals surface area contributed by atoms with Crippen LogP contribution in [0.3, 0.4) is 0 Å². The lowest BCUT2D eigenvalue weighted by atomic mass is 10.1. The summed E-state index contributed by atoms with van der Waals surface area (Å²) >= 11 is 6.09. The van der Waals surface area contributed by atoms with Crippen molar-refractivity contribution in [2.75, 3.05) is 20.3 Å². The number of hydrogen-bond donors (Lipinski definition) is 2. The van der Waals surface area contributed by atoms with E-state index in [1.54, 1.807) is 19.2 Å². The first kappa shape index (κ1) is 16.0. The van der Waals surface area contributed by atoms with E-state index in [0.717, 1.165) is 38.0 Å². The number of unbranched alkanes of at least 4 members (excludes halogenated alkanes) is 2. The number of methoxy groups -OCH3 is 1. The second kappa shape index (κ2) is 8.91. The van der Waals surface area contributed by atoms with E-state index in [0.29, 0.717) is 17.1 Å². The van der Waals surface area contributed by atoms with Gasteiger partial charge in [-0.15, -0.1) is 0 Å². The number of primary amides is 1. The Morgan fingerprint density at radius 1 is 1.37 bits per heavy atom. The number of carbonyl (C=O) groups excluding carboxylic acids is 1. The van der Waals surface area contributed by atoms with Gasteiger partial charge in [0.25, 0.3) is 0 Å². The van der Waals surface area contributed by atoms with Gasteiger partial charge in [-0.3, -0.25) is 4.79 Å². The van der Waals surface area contributed by atoms with Crippen molar-refractivity contribution in [1.82, 2.24) is 5.32 Å². The van der Waals surface area contributed by atoms with Gasteiger partial charge in [0.1, 0.15) is 0 Å². The van der Waals surface area contributed by atoms with Crippen LogP contribution in [0, 0.1) is 0 Å². The van der Waals surface area contributed by atoms with Crippen molar-refractivity contribution in [2.24, 2.45) is 5.73 Å². The molecule has 0 spiro atoms. The van der Waals surface area contributed by atoms with Crippen LogP contribution in [0.1, 0.15) is 35.2 Å². The molecule has 3 N–H and O–H groups in total. The Morgan fingerprint density at radius 3 is 2.79 bits per heavy atom. The molecule has 0 heterocycles. The van der Waals surface area contributed by atoms with Crippen molar-refractivity contribution in [2.45, 2.75) is 25.8 Å². The second-order valence-corrected chi connectivity index (χ2v) is 4.81. The minimum atomic E-state index is -0.459. The maximum Gasteiger partial charge on any atom is 0.248 e. The normalized spacial score (nSPS) is 10.6. The van der Waals surface area contributed by atoms with Crippen LogP contribution in [-0.4, -0.2) is 26.2 Å². The highest BCUT2D eigenvalue weighted by atomic mass is 35.5. The molecule has 0 unspecified atom stereocenters. The molecule has 19 heavy (non-hydrogen) atoms. The number of nitrogens with one attached hydrogen (secondary N) is 1. The number of rotatable bonds is 9. The standard InChI is InChI=1S/C14H21ClN2O2/c1-19-8-4-2-3-7-17-10-12-6-5-11(14(16)18)9-13(12)15/h5-6,9,17H,2-4,7-8,10H2,1H3,(H2,16,18). The molecule has 1 aromatic carbocycles. The Hall–Kier alpha value is -1.10. The van der Waals surface area contributed by atoms with E-state index in [1.807, 2.05) is 6.07 Å². The third-order valence-electron chi connectivity index (χ3n) is 2.86. The molecule has 1 amide bonds. The van der Waals surface area contributed by atoms with E-state index in [2.05, 4.69) is 5.32 Å². The number of ether oxygens (including phenoxy) is 1. The molecule has 0 aliphatic heterocycles. The van der Waals surface area contributed by atoms with Crippen LogP contribution in [0.25, 0.3) is 0 Å². The Kier molecular flexibility index (Phi) is 7.48. The summed E-state index contributed by atoms with van der Waals surface area (Å²) in [5, 5.41) is 3.90. The first-order valence-corrected chi connectivity index (χ1v) is 6.81. The van der Waals surface area contributed by atoms with Crippen LogP contribution in [-0.2, 0) is 11.3 Å². The lowest BCUT2D eigenvalue weighted by Gasteiger charge is -2.07. The van der Waals surface area contributed by atoms with Crippen molar-refractivity contribution in [3.05, 3.63) is 34.3 Å². The predicted octanol–water partition coefficient (Wildman–Crippen LogP) is 2.35. The summed E-state index contributed by atoms with van der Waals surface area (Å²) in [7, 11) is 1.72. The van der Waals surface area contributed by atoms with Crippen LogP contribution in [0.5, 0.6) is 0 Å². The molecular formula is C14H21ClN2O2. The predicted molar refractivity (Wildman–Crippen MR) is 77.4 cm³/mol. The van der Waals surface area contributed by atoms with Crippen LogP contribution >= 0.6 is 11.6 Å². The molecule has 0 bridgehead atoms. The fraction of sp³-hybridized carbons (Fsp3) is 0.500. The molecule has 0 aliphatic carbocycles. The minimum Gasteiger partial charge on any atom is -0.385 e. The molecule has 1 aromatic rings. The van der Waals surface area contributed by atoms with Gasteiger partial charge in [-0.1, -0.05) is 17.7 Å². The van der Waals surface area contributed by atoms with Crippen LogP contribution in [0.2, 0.25) is 5.02 Å². The Bertz CT molecular complexity index is 410. The summed E-state index contributed by atoms with van der Waals surface area (Å²) in [5.41, 5.74) is 6.60. The lowest BCUT2D eigenvalue weighted by Crippen LogP contribution is -2.16. The molecule has 106 valence electrons. The van der Waals surface area contributed by atoms with Gasteiger partial charge >= 0.3 is 0 Å².